The van der Waals surface area contributed by atoms with E-state index in [1.165, 1.54) is 23.1 Å². The van der Waals surface area contributed by atoms with Crippen LogP contribution in [0.5, 0.6) is 0 Å². The molecule has 0 saturated heterocycles. The maximum absolute atomic E-state index is 13.1. The topological polar surface area (TPSA) is 41.1 Å². The van der Waals surface area contributed by atoms with Crippen LogP contribution in [0.4, 0.5) is 10.5 Å². The molecular formula is C28H38N2O. The Morgan fingerprint density at radius 2 is 1.84 bits per heavy atom. The van der Waals surface area contributed by atoms with Gasteiger partial charge in [0.25, 0.3) is 0 Å². The standard InChI is InChI=1S/C28H38N2O/c1-18(2)21-10-12-23-22(17-21)11-13-25-27(23,5)14-7-15-28(25,6)30-26(31)29-24-16-19(3)8-9-20(24)4/h8-10,12,16-18,25H,7,11,13-15H2,1-6H3,(H2,29,30,31)/t25-,27-,28-/m1/s1. The van der Waals surface area contributed by atoms with Crippen molar-refractivity contribution < 1.29 is 4.79 Å². The van der Waals surface area contributed by atoms with E-state index in [9.17, 15) is 4.79 Å². The second kappa shape index (κ2) is 8.00. The van der Waals surface area contributed by atoms with Gasteiger partial charge in [-0.2, -0.15) is 0 Å². The van der Waals surface area contributed by atoms with E-state index in [1.807, 2.05) is 13.0 Å². The summed E-state index contributed by atoms with van der Waals surface area (Å²) in [6.07, 6.45) is 5.60. The number of carbonyl (C=O) groups excluding carboxylic acids is 1. The van der Waals surface area contributed by atoms with Crippen LogP contribution in [0.25, 0.3) is 0 Å². The van der Waals surface area contributed by atoms with Crippen LogP contribution in [-0.2, 0) is 11.8 Å². The molecule has 3 nitrogen and oxygen atoms in total. The number of fused-ring (bicyclic) bond motifs is 3. The molecule has 0 radical (unpaired) electrons. The Morgan fingerprint density at radius 1 is 1.06 bits per heavy atom. The zero-order chi connectivity index (χ0) is 22.4. The van der Waals surface area contributed by atoms with Crippen molar-refractivity contribution in [2.45, 2.75) is 90.5 Å². The Bertz CT molecular complexity index is 995. The van der Waals surface area contributed by atoms with Crippen molar-refractivity contribution in [3.63, 3.8) is 0 Å². The van der Waals surface area contributed by atoms with Gasteiger partial charge in [-0.1, -0.05) is 57.5 Å². The van der Waals surface area contributed by atoms with Gasteiger partial charge in [0.1, 0.15) is 0 Å². The number of urea groups is 1. The summed E-state index contributed by atoms with van der Waals surface area (Å²) in [5, 5.41) is 6.55. The first kappa shape index (κ1) is 21.9. The van der Waals surface area contributed by atoms with Crippen LogP contribution in [0.15, 0.2) is 36.4 Å². The fraction of sp³-hybridized carbons (Fsp3) is 0.536. The minimum atomic E-state index is -0.205. The molecule has 1 fully saturated rings. The number of benzene rings is 2. The highest BCUT2D eigenvalue weighted by molar-refractivity contribution is 5.90. The number of hydrogen-bond acceptors (Lipinski definition) is 1. The molecule has 2 amide bonds. The number of amides is 2. The quantitative estimate of drug-likeness (QED) is 0.553. The molecule has 0 aliphatic heterocycles. The van der Waals surface area contributed by atoms with Gasteiger partial charge in [-0.05, 0) is 97.6 Å². The van der Waals surface area contributed by atoms with E-state index in [-0.39, 0.29) is 17.0 Å². The van der Waals surface area contributed by atoms with Crippen LogP contribution in [0.1, 0.15) is 87.1 Å². The summed E-state index contributed by atoms with van der Waals surface area (Å²) in [7, 11) is 0. The van der Waals surface area contributed by atoms with Crippen LogP contribution in [0.2, 0.25) is 0 Å². The van der Waals surface area contributed by atoms with Crippen LogP contribution >= 0.6 is 0 Å². The van der Waals surface area contributed by atoms with E-state index in [2.05, 4.69) is 75.6 Å². The second-order valence-electron chi connectivity index (χ2n) is 10.7. The summed E-state index contributed by atoms with van der Waals surface area (Å²) in [5.41, 5.74) is 7.52. The molecule has 1 saturated carbocycles. The first-order valence-corrected chi connectivity index (χ1v) is 11.9. The maximum Gasteiger partial charge on any atom is 0.319 e. The van der Waals surface area contributed by atoms with Gasteiger partial charge in [-0.3, -0.25) is 0 Å². The molecule has 0 heterocycles. The summed E-state index contributed by atoms with van der Waals surface area (Å²) in [4.78, 5) is 13.1. The lowest BCUT2D eigenvalue weighted by atomic mass is 9.52. The summed E-state index contributed by atoms with van der Waals surface area (Å²) >= 11 is 0. The first-order chi connectivity index (χ1) is 14.6. The van der Waals surface area contributed by atoms with Crippen LogP contribution < -0.4 is 10.6 Å². The number of nitrogens with one attached hydrogen (secondary N) is 2. The van der Waals surface area contributed by atoms with Gasteiger partial charge in [0.2, 0.25) is 0 Å². The Balaban J connectivity index is 1.58. The molecule has 0 unspecified atom stereocenters. The number of rotatable bonds is 3. The van der Waals surface area contributed by atoms with Crippen molar-refractivity contribution in [1.82, 2.24) is 5.32 Å². The third kappa shape index (κ3) is 4.00. The third-order valence-electron chi connectivity index (χ3n) is 8.08. The molecule has 0 spiro atoms. The van der Waals surface area contributed by atoms with Crippen molar-refractivity contribution in [2.24, 2.45) is 5.92 Å². The molecule has 4 rings (SSSR count). The molecule has 2 aliphatic rings. The lowest BCUT2D eigenvalue weighted by Gasteiger charge is -2.55. The normalized spacial score (nSPS) is 27.4. The maximum atomic E-state index is 13.1. The summed E-state index contributed by atoms with van der Waals surface area (Å²) < 4.78 is 0. The number of anilines is 1. The molecule has 3 heteroatoms. The van der Waals surface area contributed by atoms with Crippen molar-refractivity contribution >= 4 is 11.7 Å². The fourth-order valence-electron chi connectivity index (χ4n) is 6.30. The number of carbonyl (C=O) groups is 1. The van der Waals surface area contributed by atoms with Crippen molar-refractivity contribution in [3.8, 4) is 0 Å². The van der Waals surface area contributed by atoms with Gasteiger partial charge in [0.15, 0.2) is 0 Å². The molecule has 2 aromatic rings. The monoisotopic (exact) mass is 418 g/mol. The largest absolute Gasteiger partial charge is 0.332 e. The van der Waals surface area contributed by atoms with E-state index in [1.54, 1.807) is 0 Å². The highest BCUT2D eigenvalue weighted by Crippen LogP contribution is 2.53. The first-order valence-electron chi connectivity index (χ1n) is 11.9. The minimum Gasteiger partial charge on any atom is -0.332 e. The molecule has 31 heavy (non-hydrogen) atoms. The predicted molar refractivity (Wildman–Crippen MR) is 130 cm³/mol. The highest BCUT2D eigenvalue weighted by Gasteiger charge is 2.52. The molecule has 2 N–H and O–H groups in total. The average Bonchev–Trinajstić information content (AvgIpc) is 2.70. The third-order valence-corrected chi connectivity index (χ3v) is 8.08. The number of aryl methyl sites for hydroxylation is 3. The van der Waals surface area contributed by atoms with E-state index in [0.29, 0.717) is 11.8 Å². The van der Waals surface area contributed by atoms with Crippen molar-refractivity contribution in [3.05, 3.63) is 64.2 Å². The SMILES string of the molecule is Cc1ccc(C)c(NC(=O)N[C@]2(C)CCC[C@]3(C)c4ccc(C(C)C)cc4CC[C@@H]23)c1. The lowest BCUT2D eigenvalue weighted by molar-refractivity contribution is 0.0709. The van der Waals surface area contributed by atoms with Crippen LogP contribution in [0, 0.1) is 19.8 Å². The summed E-state index contributed by atoms with van der Waals surface area (Å²) in [6, 6.07) is 13.3. The molecular weight excluding hydrogens is 380 g/mol. The Morgan fingerprint density at radius 3 is 2.58 bits per heavy atom. The zero-order valence-corrected chi connectivity index (χ0v) is 20.1. The molecule has 3 atom stereocenters. The van der Waals surface area contributed by atoms with E-state index < -0.39 is 0 Å². The van der Waals surface area contributed by atoms with Gasteiger partial charge in [-0.25, -0.2) is 4.79 Å². The Hall–Kier alpha value is -2.29. The molecule has 2 aliphatic carbocycles. The summed E-state index contributed by atoms with van der Waals surface area (Å²) in [6.45, 7) is 13.3. The molecule has 0 bridgehead atoms. The highest BCUT2D eigenvalue weighted by atomic mass is 16.2. The van der Waals surface area contributed by atoms with E-state index >= 15 is 0 Å². The summed E-state index contributed by atoms with van der Waals surface area (Å²) in [5.74, 6) is 0.999. The second-order valence-corrected chi connectivity index (χ2v) is 10.7. The van der Waals surface area contributed by atoms with E-state index in [4.69, 9.17) is 0 Å². The molecule has 0 aromatic heterocycles. The van der Waals surface area contributed by atoms with Gasteiger partial charge >= 0.3 is 6.03 Å². The van der Waals surface area contributed by atoms with Crippen molar-refractivity contribution in [1.29, 1.82) is 0 Å². The van der Waals surface area contributed by atoms with E-state index in [0.717, 1.165) is 42.5 Å². The average molecular weight is 419 g/mol. The van der Waals surface area contributed by atoms with Gasteiger partial charge < -0.3 is 10.6 Å². The smallest absolute Gasteiger partial charge is 0.319 e. The van der Waals surface area contributed by atoms with Gasteiger partial charge in [0.05, 0.1) is 0 Å². The molecule has 166 valence electrons. The molecule has 2 aromatic carbocycles. The predicted octanol–water partition coefficient (Wildman–Crippen LogP) is 7.01. The Labute approximate surface area is 188 Å². The van der Waals surface area contributed by atoms with Crippen LogP contribution in [-0.4, -0.2) is 11.6 Å². The lowest BCUT2D eigenvalue weighted by Crippen LogP contribution is -2.61. The fourth-order valence-corrected chi connectivity index (χ4v) is 6.30. The van der Waals surface area contributed by atoms with Crippen molar-refractivity contribution in [2.75, 3.05) is 5.32 Å². The number of hydrogen-bond donors (Lipinski definition) is 2. The van der Waals surface area contributed by atoms with Crippen LogP contribution in [0.3, 0.4) is 0 Å². The zero-order valence-electron chi connectivity index (χ0n) is 20.1. The van der Waals surface area contributed by atoms with Gasteiger partial charge in [-0.15, -0.1) is 0 Å². The van der Waals surface area contributed by atoms with Gasteiger partial charge in [0, 0.05) is 11.2 Å². The minimum absolute atomic E-state index is 0.0820. The Kier molecular flexibility index (Phi) is 5.66.